The molecule has 0 aliphatic heterocycles. The third-order valence-corrected chi connectivity index (χ3v) is 5.21. The topological polar surface area (TPSA) is 99.3 Å². The third kappa shape index (κ3) is 4.61. The molecule has 0 unspecified atom stereocenters. The normalized spacial score (nSPS) is 10.9. The molecule has 10 heteroatoms. The van der Waals surface area contributed by atoms with Gasteiger partial charge in [-0.15, -0.1) is 0 Å². The van der Waals surface area contributed by atoms with Gasteiger partial charge in [0.2, 0.25) is 5.91 Å². The molecule has 0 atom stereocenters. The van der Waals surface area contributed by atoms with Crippen molar-refractivity contribution in [3.05, 3.63) is 57.6 Å². The van der Waals surface area contributed by atoms with Crippen LogP contribution in [-0.2, 0) is 16.1 Å². The number of nitro benzene ring substituents is 1. The van der Waals surface area contributed by atoms with E-state index < -0.39 is 4.92 Å². The smallest absolute Gasteiger partial charge is 0.271 e. The van der Waals surface area contributed by atoms with Gasteiger partial charge in [-0.1, -0.05) is 35.5 Å². The van der Waals surface area contributed by atoms with Gasteiger partial charge in [-0.2, -0.15) is 0 Å². The van der Waals surface area contributed by atoms with Crippen LogP contribution in [0.5, 0.6) is 0 Å². The number of thioether (sulfide) groups is 1. The zero-order valence-electron chi connectivity index (χ0n) is 14.9. The van der Waals surface area contributed by atoms with Crippen LogP contribution < -0.4 is 5.32 Å². The number of nitrogens with zero attached hydrogens (tertiary/aromatic N) is 3. The van der Waals surface area contributed by atoms with Gasteiger partial charge in [0.05, 0.1) is 39.0 Å². The molecule has 0 aliphatic carbocycles. The first kappa shape index (κ1) is 20.1. The highest BCUT2D eigenvalue weighted by atomic mass is 35.5. The van der Waals surface area contributed by atoms with Crippen molar-refractivity contribution in [2.75, 3.05) is 24.8 Å². The number of amides is 1. The summed E-state index contributed by atoms with van der Waals surface area (Å²) in [6.07, 6.45) is 0. The van der Waals surface area contributed by atoms with Crippen LogP contribution in [0.4, 0.5) is 11.4 Å². The van der Waals surface area contributed by atoms with Crippen molar-refractivity contribution < 1.29 is 14.5 Å². The van der Waals surface area contributed by atoms with Crippen LogP contribution in [0.2, 0.25) is 5.02 Å². The van der Waals surface area contributed by atoms with Crippen molar-refractivity contribution in [2.45, 2.75) is 11.7 Å². The number of aromatic nitrogens is 2. The number of hydrogen-bond acceptors (Lipinski definition) is 6. The molecule has 3 rings (SSSR count). The fourth-order valence-corrected chi connectivity index (χ4v) is 3.61. The number of nitrogens with one attached hydrogen (secondary N) is 1. The summed E-state index contributed by atoms with van der Waals surface area (Å²) in [5.74, 6) is -0.257. The number of rotatable bonds is 8. The summed E-state index contributed by atoms with van der Waals surface area (Å²) in [6, 6.07) is 11.6. The average molecular weight is 421 g/mol. The Labute approximate surface area is 170 Å². The number of carbonyl (C=O) groups excluding carboxylic acids is 1. The van der Waals surface area contributed by atoms with E-state index in [1.165, 1.54) is 30.0 Å². The number of para-hydroxylation sites is 2. The molecular formula is C18H17ClN4O4S. The van der Waals surface area contributed by atoms with Gasteiger partial charge < -0.3 is 14.6 Å². The number of carbonyl (C=O) groups is 1. The molecule has 2 aromatic carbocycles. The molecule has 0 fully saturated rings. The van der Waals surface area contributed by atoms with E-state index in [9.17, 15) is 14.9 Å². The Morgan fingerprint density at radius 2 is 2.14 bits per heavy atom. The second-order valence-corrected chi connectivity index (χ2v) is 7.14. The summed E-state index contributed by atoms with van der Waals surface area (Å²) < 4.78 is 7.16. The largest absolute Gasteiger partial charge is 0.383 e. The maximum absolute atomic E-state index is 12.3. The number of methoxy groups -OCH3 is 1. The van der Waals surface area contributed by atoms with E-state index in [1.54, 1.807) is 7.11 Å². The summed E-state index contributed by atoms with van der Waals surface area (Å²) in [6.45, 7) is 1.13. The quantitative estimate of drug-likeness (QED) is 0.336. The molecule has 28 heavy (non-hydrogen) atoms. The molecule has 3 aromatic rings. The molecule has 0 saturated heterocycles. The molecule has 1 amide bonds. The summed E-state index contributed by atoms with van der Waals surface area (Å²) in [4.78, 5) is 27.3. The van der Waals surface area contributed by atoms with E-state index in [4.69, 9.17) is 16.3 Å². The number of hydrogen-bond donors (Lipinski definition) is 1. The molecule has 0 bridgehead atoms. The van der Waals surface area contributed by atoms with Gasteiger partial charge in [0.15, 0.2) is 5.16 Å². The van der Waals surface area contributed by atoms with Crippen molar-refractivity contribution >= 4 is 51.7 Å². The minimum Gasteiger partial charge on any atom is -0.383 e. The van der Waals surface area contributed by atoms with Crippen molar-refractivity contribution in [3.63, 3.8) is 0 Å². The molecule has 1 aromatic heterocycles. The Kier molecular flexibility index (Phi) is 6.50. The fraction of sp³-hybridized carbons (Fsp3) is 0.222. The first-order chi connectivity index (χ1) is 13.5. The minimum absolute atomic E-state index is 0.0787. The Balaban J connectivity index is 1.73. The monoisotopic (exact) mass is 420 g/mol. The summed E-state index contributed by atoms with van der Waals surface area (Å²) >= 11 is 7.30. The first-order valence-corrected chi connectivity index (χ1v) is 9.66. The average Bonchev–Trinajstić information content (AvgIpc) is 3.03. The number of nitro groups is 1. The molecule has 1 heterocycles. The number of ether oxygens (including phenoxy) is 1. The van der Waals surface area contributed by atoms with E-state index in [1.807, 2.05) is 28.8 Å². The van der Waals surface area contributed by atoms with Gasteiger partial charge in [-0.05, 0) is 18.2 Å². The van der Waals surface area contributed by atoms with E-state index in [-0.39, 0.29) is 28.1 Å². The highest BCUT2D eigenvalue weighted by Gasteiger charge is 2.15. The Bertz CT molecular complexity index is 1020. The molecule has 0 spiro atoms. The van der Waals surface area contributed by atoms with Gasteiger partial charge in [-0.3, -0.25) is 14.9 Å². The van der Waals surface area contributed by atoms with E-state index in [0.29, 0.717) is 18.3 Å². The Morgan fingerprint density at radius 3 is 2.89 bits per heavy atom. The second-order valence-electron chi connectivity index (χ2n) is 5.79. The summed E-state index contributed by atoms with van der Waals surface area (Å²) in [5.41, 5.74) is 1.86. The predicted octanol–water partition coefficient (Wildman–Crippen LogP) is 3.98. The number of halogens is 1. The lowest BCUT2D eigenvalue weighted by molar-refractivity contribution is -0.384. The molecule has 1 N–H and O–H groups in total. The number of fused-ring (bicyclic) bond motifs is 1. The fourth-order valence-electron chi connectivity index (χ4n) is 2.60. The Hall–Kier alpha value is -2.62. The summed E-state index contributed by atoms with van der Waals surface area (Å²) in [7, 11) is 1.63. The second kappa shape index (κ2) is 9.05. The van der Waals surface area contributed by atoms with Gasteiger partial charge in [0.1, 0.15) is 0 Å². The lowest BCUT2D eigenvalue weighted by Gasteiger charge is -2.09. The summed E-state index contributed by atoms with van der Waals surface area (Å²) in [5, 5.41) is 14.4. The molecule has 8 nitrogen and oxygen atoms in total. The van der Waals surface area contributed by atoms with Gasteiger partial charge in [0, 0.05) is 25.8 Å². The molecule has 0 aliphatic rings. The molecular weight excluding hydrogens is 404 g/mol. The SMILES string of the molecule is COCCn1c(SCC(=O)Nc2cc([N+](=O)[O-])ccc2Cl)nc2ccccc21. The van der Waals surface area contributed by atoms with Crippen LogP contribution in [0.1, 0.15) is 0 Å². The molecule has 0 saturated carbocycles. The lowest BCUT2D eigenvalue weighted by atomic mass is 10.3. The number of benzene rings is 2. The van der Waals surface area contributed by atoms with Crippen LogP contribution in [0, 0.1) is 10.1 Å². The highest BCUT2D eigenvalue weighted by Crippen LogP contribution is 2.28. The van der Waals surface area contributed by atoms with Crippen LogP contribution >= 0.6 is 23.4 Å². The zero-order chi connectivity index (χ0) is 20.1. The predicted molar refractivity (Wildman–Crippen MR) is 109 cm³/mol. The van der Waals surface area contributed by atoms with Crippen LogP contribution in [0.3, 0.4) is 0 Å². The van der Waals surface area contributed by atoms with Crippen molar-refractivity contribution in [1.29, 1.82) is 0 Å². The van der Waals surface area contributed by atoms with E-state index in [0.717, 1.165) is 11.0 Å². The highest BCUT2D eigenvalue weighted by molar-refractivity contribution is 7.99. The van der Waals surface area contributed by atoms with Crippen LogP contribution in [-0.4, -0.2) is 39.9 Å². The third-order valence-electron chi connectivity index (χ3n) is 3.91. The number of imidazole rings is 1. The van der Waals surface area contributed by atoms with Crippen molar-refractivity contribution in [1.82, 2.24) is 9.55 Å². The minimum atomic E-state index is -0.543. The van der Waals surface area contributed by atoms with Crippen molar-refractivity contribution in [3.8, 4) is 0 Å². The van der Waals surface area contributed by atoms with E-state index >= 15 is 0 Å². The lowest BCUT2D eigenvalue weighted by Crippen LogP contribution is -2.15. The van der Waals surface area contributed by atoms with Crippen molar-refractivity contribution in [2.24, 2.45) is 0 Å². The van der Waals surface area contributed by atoms with Crippen LogP contribution in [0.25, 0.3) is 11.0 Å². The maximum Gasteiger partial charge on any atom is 0.271 e. The van der Waals surface area contributed by atoms with Gasteiger partial charge in [0.25, 0.3) is 5.69 Å². The number of non-ortho nitro benzene ring substituents is 1. The Morgan fingerprint density at radius 1 is 1.36 bits per heavy atom. The number of anilines is 1. The van der Waals surface area contributed by atoms with Crippen LogP contribution in [0.15, 0.2) is 47.6 Å². The van der Waals surface area contributed by atoms with Gasteiger partial charge >= 0.3 is 0 Å². The maximum atomic E-state index is 12.3. The standard InChI is InChI=1S/C18H17ClN4O4S/c1-27-9-8-22-16-5-3-2-4-14(16)21-18(22)28-11-17(24)20-15-10-12(23(25)26)6-7-13(15)19/h2-7,10H,8-9,11H2,1H3,(H,20,24). The zero-order valence-corrected chi connectivity index (χ0v) is 16.5. The van der Waals surface area contributed by atoms with E-state index in [2.05, 4.69) is 10.3 Å². The van der Waals surface area contributed by atoms with Gasteiger partial charge in [-0.25, -0.2) is 4.98 Å². The first-order valence-electron chi connectivity index (χ1n) is 8.30. The molecule has 0 radical (unpaired) electrons. The molecule has 146 valence electrons.